The van der Waals surface area contributed by atoms with Gasteiger partial charge in [0.05, 0.1) is 21.5 Å². The molecular weight excluding hydrogens is 476 g/mol. The highest BCUT2D eigenvalue weighted by Crippen LogP contribution is 2.35. The molecule has 2 aromatic carbocycles. The van der Waals surface area contributed by atoms with Crippen LogP contribution in [0.25, 0.3) is 0 Å². The van der Waals surface area contributed by atoms with Crippen LogP contribution in [0.3, 0.4) is 0 Å². The van der Waals surface area contributed by atoms with Crippen molar-refractivity contribution < 1.29 is 17.4 Å². The molecule has 1 heterocycles. The number of nitrogens with zero attached hydrogens (tertiary/aromatic N) is 3. The molecule has 1 aromatic heterocycles. The maximum absolute atomic E-state index is 14.5. The summed E-state index contributed by atoms with van der Waals surface area (Å²) in [5.74, 6) is -0.656. The summed E-state index contributed by atoms with van der Waals surface area (Å²) in [5.41, 5.74) is 0.326. The molecule has 8 nitrogen and oxygen atoms in total. The molecule has 3 aromatic rings. The Morgan fingerprint density at radius 2 is 1.72 bits per heavy atom. The number of benzene rings is 2. The molecule has 0 aliphatic heterocycles. The molecule has 2 N–H and O–H groups in total. The summed E-state index contributed by atoms with van der Waals surface area (Å²) >= 11 is 6.10. The van der Waals surface area contributed by atoms with Gasteiger partial charge >= 0.3 is 0 Å². The third kappa shape index (κ3) is 5.26. The van der Waals surface area contributed by atoms with Crippen LogP contribution in [0.5, 0.6) is 0 Å². The van der Waals surface area contributed by atoms with Crippen molar-refractivity contribution in [1.29, 1.82) is 0 Å². The van der Waals surface area contributed by atoms with Gasteiger partial charge in [-0.25, -0.2) is 12.8 Å². The summed E-state index contributed by atoms with van der Waals surface area (Å²) in [6, 6.07) is 10.5. The van der Waals surface area contributed by atoms with Crippen LogP contribution < -0.4 is 15.9 Å². The van der Waals surface area contributed by atoms with Gasteiger partial charge in [-0.3, -0.25) is 0 Å². The molecule has 0 radical (unpaired) electrons. The van der Waals surface area contributed by atoms with E-state index in [1.807, 2.05) is 0 Å². The first-order chi connectivity index (χ1) is 14.9. The largest absolute Gasteiger partial charge is 0.336 e. The van der Waals surface area contributed by atoms with Crippen molar-refractivity contribution in [2.45, 2.75) is 24.0 Å². The van der Waals surface area contributed by atoms with Gasteiger partial charge in [0.1, 0.15) is 13.0 Å². The van der Waals surface area contributed by atoms with Gasteiger partial charge in [-0.2, -0.15) is 4.98 Å². The monoisotopic (exact) mass is 497 g/mol. The number of sulfone groups is 1. The Hall–Kier alpha value is -2.55. The quantitative estimate of drug-likeness (QED) is 0.456. The number of nitrogens with one attached hydrogen (secondary N) is 2. The molecule has 0 amide bonds. The second-order valence-corrected chi connectivity index (χ2v) is 13.7. The Balaban J connectivity index is 1.93. The zero-order valence-electron chi connectivity index (χ0n) is 17.8. The standard InChI is InChI=1S/C20H22ClFN5O3PS/c1-12(2)32(29,30)17-8-6-5-7-16(17)23-19-18(21)26-27-20(25-19)24-15-10-9-13(11-14(15)22)31(3,4)28/h5-12H,1-4H3,(H2,23,24,25,27). The number of hydrogen-bond donors (Lipinski definition) is 2. The van der Waals surface area contributed by atoms with Crippen molar-refractivity contribution in [2.75, 3.05) is 24.0 Å². The maximum atomic E-state index is 14.5. The van der Waals surface area contributed by atoms with Gasteiger partial charge in [0, 0.05) is 5.30 Å². The number of para-hydroxylation sites is 1. The number of aromatic nitrogens is 3. The number of rotatable bonds is 7. The number of anilines is 4. The van der Waals surface area contributed by atoms with Crippen molar-refractivity contribution in [3.05, 3.63) is 53.4 Å². The molecule has 0 fully saturated rings. The van der Waals surface area contributed by atoms with Crippen LogP contribution in [0, 0.1) is 5.82 Å². The molecule has 0 spiro atoms. The van der Waals surface area contributed by atoms with Crippen LogP contribution in [0.4, 0.5) is 27.5 Å². The second-order valence-electron chi connectivity index (χ2n) is 7.63. The minimum Gasteiger partial charge on any atom is -0.336 e. The summed E-state index contributed by atoms with van der Waals surface area (Å²) in [6.07, 6.45) is 0. The third-order valence-electron chi connectivity index (χ3n) is 4.53. The van der Waals surface area contributed by atoms with Crippen molar-refractivity contribution in [1.82, 2.24) is 15.2 Å². The average molecular weight is 498 g/mol. The first kappa shape index (κ1) is 24.1. The third-order valence-corrected chi connectivity index (χ3v) is 8.52. The van der Waals surface area contributed by atoms with Crippen molar-refractivity contribution in [3.8, 4) is 0 Å². The Kier molecular flexibility index (Phi) is 6.88. The molecule has 12 heteroatoms. The number of halogens is 2. The van der Waals surface area contributed by atoms with E-state index in [9.17, 15) is 17.4 Å². The van der Waals surface area contributed by atoms with Gasteiger partial charge in [0.25, 0.3) is 0 Å². The van der Waals surface area contributed by atoms with Crippen LogP contribution in [-0.2, 0) is 14.4 Å². The van der Waals surface area contributed by atoms with Crippen LogP contribution >= 0.6 is 18.7 Å². The lowest BCUT2D eigenvalue weighted by Crippen LogP contribution is -2.16. The SMILES string of the molecule is CC(C)S(=O)(=O)c1ccccc1Nc1nc(Nc2ccc(P(C)(C)=O)cc2F)nnc1Cl. The van der Waals surface area contributed by atoms with Crippen molar-refractivity contribution in [2.24, 2.45) is 0 Å². The zero-order chi connectivity index (χ0) is 23.7. The molecule has 0 aliphatic rings. The average Bonchev–Trinajstić information content (AvgIpc) is 2.71. The highest BCUT2D eigenvalue weighted by Gasteiger charge is 2.23. The predicted molar refractivity (Wildman–Crippen MR) is 126 cm³/mol. The maximum Gasteiger partial charge on any atom is 0.249 e. The van der Waals surface area contributed by atoms with Crippen LogP contribution in [0.1, 0.15) is 13.8 Å². The summed E-state index contributed by atoms with van der Waals surface area (Å²) < 4.78 is 52.0. The molecular formula is C20H22ClFN5O3PS. The minimum atomic E-state index is -3.58. The van der Waals surface area contributed by atoms with Gasteiger partial charge < -0.3 is 15.2 Å². The zero-order valence-corrected chi connectivity index (χ0v) is 20.3. The summed E-state index contributed by atoms with van der Waals surface area (Å²) in [4.78, 5) is 4.29. The first-order valence-electron chi connectivity index (χ1n) is 9.52. The van der Waals surface area contributed by atoms with Crippen LogP contribution in [-0.4, -0.2) is 42.2 Å². The van der Waals surface area contributed by atoms with Gasteiger partial charge in [0.15, 0.2) is 20.8 Å². The summed E-state index contributed by atoms with van der Waals surface area (Å²) in [6.45, 7) is 6.28. The van der Waals surface area contributed by atoms with E-state index in [-0.39, 0.29) is 33.2 Å². The molecule has 170 valence electrons. The van der Waals surface area contributed by atoms with E-state index in [2.05, 4.69) is 25.8 Å². The molecule has 3 rings (SSSR count). The molecule has 0 atom stereocenters. The van der Waals surface area contributed by atoms with Gasteiger partial charge in [-0.05, 0) is 57.5 Å². The first-order valence-corrected chi connectivity index (χ1v) is 14.0. The fourth-order valence-corrected chi connectivity index (χ4v) is 4.89. The lowest BCUT2D eigenvalue weighted by Gasteiger charge is -2.15. The Bertz CT molecular complexity index is 1310. The molecule has 0 saturated carbocycles. The molecule has 0 aliphatic carbocycles. The topological polar surface area (TPSA) is 114 Å². The van der Waals surface area contributed by atoms with E-state index in [4.69, 9.17) is 11.6 Å². The lowest BCUT2D eigenvalue weighted by atomic mass is 10.3. The van der Waals surface area contributed by atoms with Gasteiger partial charge in [-0.15, -0.1) is 10.2 Å². The van der Waals surface area contributed by atoms with E-state index in [1.165, 1.54) is 18.2 Å². The smallest absolute Gasteiger partial charge is 0.249 e. The normalized spacial score (nSPS) is 12.1. The fraction of sp³-hybridized carbons (Fsp3) is 0.250. The van der Waals surface area contributed by atoms with E-state index < -0.39 is 28.0 Å². The molecule has 0 unspecified atom stereocenters. The Morgan fingerprint density at radius 3 is 2.34 bits per heavy atom. The highest BCUT2D eigenvalue weighted by molar-refractivity contribution is 7.92. The van der Waals surface area contributed by atoms with Crippen molar-refractivity contribution in [3.63, 3.8) is 0 Å². The summed E-state index contributed by atoms with van der Waals surface area (Å²) in [5, 5.41) is 12.9. The van der Waals surface area contributed by atoms with E-state index in [0.717, 1.165) is 0 Å². The Labute approximate surface area is 190 Å². The van der Waals surface area contributed by atoms with Gasteiger partial charge in [-0.1, -0.05) is 23.7 Å². The highest BCUT2D eigenvalue weighted by atomic mass is 35.5. The van der Waals surface area contributed by atoms with Crippen LogP contribution in [0.2, 0.25) is 5.15 Å². The van der Waals surface area contributed by atoms with Crippen LogP contribution in [0.15, 0.2) is 47.4 Å². The Morgan fingerprint density at radius 1 is 1.03 bits per heavy atom. The van der Waals surface area contributed by atoms with E-state index in [1.54, 1.807) is 51.4 Å². The summed E-state index contributed by atoms with van der Waals surface area (Å²) in [7, 11) is -6.19. The molecule has 32 heavy (non-hydrogen) atoms. The van der Waals surface area contributed by atoms with Crippen molar-refractivity contribution >= 4 is 57.0 Å². The number of hydrogen-bond acceptors (Lipinski definition) is 8. The molecule has 0 saturated heterocycles. The fourth-order valence-electron chi connectivity index (χ4n) is 2.71. The lowest BCUT2D eigenvalue weighted by molar-refractivity contribution is 0.586. The molecule has 0 bridgehead atoms. The van der Waals surface area contributed by atoms with E-state index >= 15 is 0 Å². The minimum absolute atomic E-state index is 0.0409. The predicted octanol–water partition coefficient (Wildman–Crippen LogP) is 4.58. The second kappa shape index (κ2) is 9.13. The van der Waals surface area contributed by atoms with E-state index in [0.29, 0.717) is 5.30 Å². The van der Waals surface area contributed by atoms with Gasteiger partial charge in [0.2, 0.25) is 5.95 Å².